The molecule has 1 aromatic heterocycles. The highest BCUT2D eigenvalue weighted by Crippen LogP contribution is 2.37. The number of hydrogen-bond acceptors (Lipinski definition) is 3. The van der Waals surface area contributed by atoms with Crippen molar-refractivity contribution in [3.05, 3.63) is 21.3 Å². The van der Waals surface area contributed by atoms with Crippen LogP contribution in [0.1, 0.15) is 24.3 Å². The van der Waals surface area contributed by atoms with E-state index in [1.807, 2.05) is 6.07 Å². The van der Waals surface area contributed by atoms with E-state index in [0.717, 1.165) is 22.7 Å². The fourth-order valence-corrected chi connectivity index (χ4v) is 2.94. The fraction of sp³-hybridized carbons (Fsp3) is 0.636. The molecule has 3 N–H and O–H groups in total. The average Bonchev–Trinajstić information content (AvgIpc) is 2.73. The van der Waals surface area contributed by atoms with Crippen molar-refractivity contribution in [2.24, 2.45) is 17.6 Å². The Balaban J connectivity index is 1.86. The second kappa shape index (κ2) is 4.83. The van der Waals surface area contributed by atoms with Gasteiger partial charge in [-0.2, -0.15) is 0 Å². The van der Waals surface area contributed by atoms with E-state index in [4.69, 9.17) is 17.3 Å². The maximum atomic E-state index is 5.91. The topological polar surface area (TPSA) is 38.0 Å². The number of nitrogens with one attached hydrogen (secondary N) is 1. The van der Waals surface area contributed by atoms with Gasteiger partial charge in [0.15, 0.2) is 0 Å². The van der Waals surface area contributed by atoms with E-state index in [9.17, 15) is 0 Å². The lowest BCUT2D eigenvalue weighted by Gasteiger charge is -2.14. The first-order valence-electron chi connectivity index (χ1n) is 5.39. The number of halogens is 1. The molecule has 0 spiro atoms. The summed E-state index contributed by atoms with van der Waals surface area (Å²) in [6.45, 7) is 4.02. The molecule has 1 aliphatic carbocycles. The molecule has 1 heterocycles. The maximum Gasteiger partial charge on any atom is 0.0931 e. The van der Waals surface area contributed by atoms with Crippen LogP contribution in [0.3, 0.4) is 0 Å². The molecule has 1 aromatic rings. The zero-order valence-electron chi connectivity index (χ0n) is 8.87. The van der Waals surface area contributed by atoms with Gasteiger partial charge >= 0.3 is 0 Å². The van der Waals surface area contributed by atoms with E-state index in [1.165, 1.54) is 11.3 Å². The monoisotopic (exact) mass is 244 g/mol. The van der Waals surface area contributed by atoms with Crippen molar-refractivity contribution in [2.45, 2.75) is 19.4 Å². The third-order valence-corrected chi connectivity index (χ3v) is 4.42. The van der Waals surface area contributed by atoms with Gasteiger partial charge in [-0.15, -0.1) is 11.3 Å². The molecule has 0 radical (unpaired) electrons. The molecule has 15 heavy (non-hydrogen) atoms. The van der Waals surface area contributed by atoms with Crippen LogP contribution in [0.25, 0.3) is 0 Å². The lowest BCUT2D eigenvalue weighted by Crippen LogP contribution is -2.29. The van der Waals surface area contributed by atoms with Crippen LogP contribution in [-0.2, 0) is 0 Å². The maximum absolute atomic E-state index is 5.91. The molecule has 0 saturated heterocycles. The van der Waals surface area contributed by atoms with Crippen LogP contribution >= 0.6 is 22.9 Å². The third kappa shape index (κ3) is 2.94. The Labute approximate surface area is 99.8 Å². The van der Waals surface area contributed by atoms with Crippen LogP contribution in [0.15, 0.2) is 12.1 Å². The van der Waals surface area contributed by atoms with E-state index in [0.29, 0.717) is 6.54 Å². The normalized spacial score (nSPS) is 26.6. The van der Waals surface area contributed by atoms with Gasteiger partial charge in [-0.25, -0.2) is 0 Å². The summed E-state index contributed by atoms with van der Waals surface area (Å²) < 4.78 is 0.838. The third-order valence-electron chi connectivity index (χ3n) is 3.08. The minimum Gasteiger partial charge on any atom is -0.329 e. The molecule has 2 rings (SSSR count). The highest BCUT2D eigenvalue weighted by atomic mass is 35.5. The molecule has 1 saturated carbocycles. The van der Waals surface area contributed by atoms with Crippen molar-refractivity contribution in [3.63, 3.8) is 0 Å². The van der Waals surface area contributed by atoms with Crippen molar-refractivity contribution in [1.29, 1.82) is 0 Å². The van der Waals surface area contributed by atoms with E-state index < -0.39 is 0 Å². The summed E-state index contributed by atoms with van der Waals surface area (Å²) in [5.41, 5.74) is 5.76. The predicted octanol–water partition coefficient (Wildman–Crippen LogP) is 2.65. The molecule has 84 valence electrons. The molecular weight excluding hydrogens is 228 g/mol. The summed E-state index contributed by atoms with van der Waals surface area (Å²) >= 11 is 7.53. The smallest absolute Gasteiger partial charge is 0.0931 e. The van der Waals surface area contributed by atoms with Crippen LogP contribution < -0.4 is 11.1 Å². The summed E-state index contributed by atoms with van der Waals surface area (Å²) in [7, 11) is 0. The molecule has 1 aliphatic rings. The lowest BCUT2D eigenvalue weighted by atomic mass is 10.2. The van der Waals surface area contributed by atoms with E-state index in [-0.39, 0.29) is 6.04 Å². The molecule has 3 atom stereocenters. The van der Waals surface area contributed by atoms with Gasteiger partial charge in [0.25, 0.3) is 0 Å². The Bertz CT molecular complexity index is 326. The number of thiophene rings is 1. The van der Waals surface area contributed by atoms with Gasteiger partial charge in [0.05, 0.1) is 10.4 Å². The predicted molar refractivity (Wildman–Crippen MR) is 66.4 cm³/mol. The molecule has 1 fully saturated rings. The molecule has 4 heteroatoms. The molecular formula is C11H17ClN2S. The van der Waals surface area contributed by atoms with Crippen LogP contribution in [0.4, 0.5) is 0 Å². The average molecular weight is 245 g/mol. The van der Waals surface area contributed by atoms with Crippen LogP contribution in [0.2, 0.25) is 4.34 Å². The molecule has 0 aliphatic heterocycles. The Morgan fingerprint density at radius 3 is 2.87 bits per heavy atom. The van der Waals surface area contributed by atoms with Gasteiger partial charge in [0.1, 0.15) is 0 Å². The Morgan fingerprint density at radius 1 is 1.67 bits per heavy atom. The number of nitrogens with two attached hydrogens (primary N) is 1. The standard InChI is InChI=1S/C11H17ClN2S/c1-7-4-8(7)6-14-9(5-13)10-2-3-11(12)15-10/h2-3,7-9,14H,4-6,13H2,1H3. The van der Waals surface area contributed by atoms with E-state index in [2.05, 4.69) is 18.3 Å². The van der Waals surface area contributed by atoms with Gasteiger partial charge < -0.3 is 11.1 Å². The summed E-state index contributed by atoms with van der Waals surface area (Å²) in [6.07, 6.45) is 1.36. The minimum atomic E-state index is 0.273. The first-order valence-corrected chi connectivity index (χ1v) is 6.59. The quantitative estimate of drug-likeness (QED) is 0.836. The van der Waals surface area contributed by atoms with Crippen LogP contribution in [-0.4, -0.2) is 13.1 Å². The number of rotatable bonds is 5. The molecule has 0 bridgehead atoms. The van der Waals surface area contributed by atoms with Crippen molar-refractivity contribution in [1.82, 2.24) is 5.32 Å². The largest absolute Gasteiger partial charge is 0.329 e. The molecule has 0 aromatic carbocycles. The zero-order valence-corrected chi connectivity index (χ0v) is 10.4. The van der Waals surface area contributed by atoms with Crippen molar-refractivity contribution < 1.29 is 0 Å². The van der Waals surface area contributed by atoms with Crippen molar-refractivity contribution in [3.8, 4) is 0 Å². The summed E-state index contributed by atoms with van der Waals surface area (Å²) in [5, 5.41) is 3.52. The van der Waals surface area contributed by atoms with Gasteiger partial charge in [0, 0.05) is 11.4 Å². The molecule has 0 amide bonds. The molecule has 2 nitrogen and oxygen atoms in total. The van der Waals surface area contributed by atoms with Crippen LogP contribution in [0.5, 0.6) is 0 Å². The summed E-state index contributed by atoms with van der Waals surface area (Å²) in [5.74, 6) is 1.75. The Hall–Kier alpha value is -0.0900. The Kier molecular flexibility index (Phi) is 3.67. The van der Waals surface area contributed by atoms with Crippen molar-refractivity contribution >= 4 is 22.9 Å². The van der Waals surface area contributed by atoms with Gasteiger partial charge in [-0.3, -0.25) is 0 Å². The summed E-state index contributed by atoms with van der Waals surface area (Å²) in [4.78, 5) is 1.25. The van der Waals surface area contributed by atoms with Gasteiger partial charge in [0.2, 0.25) is 0 Å². The fourth-order valence-electron chi connectivity index (χ4n) is 1.79. The molecule has 3 unspecified atom stereocenters. The van der Waals surface area contributed by atoms with Crippen LogP contribution in [0, 0.1) is 11.8 Å². The van der Waals surface area contributed by atoms with E-state index >= 15 is 0 Å². The van der Waals surface area contributed by atoms with Crippen molar-refractivity contribution in [2.75, 3.05) is 13.1 Å². The minimum absolute atomic E-state index is 0.273. The lowest BCUT2D eigenvalue weighted by molar-refractivity contribution is 0.517. The second-order valence-electron chi connectivity index (χ2n) is 4.31. The highest BCUT2D eigenvalue weighted by molar-refractivity contribution is 7.16. The van der Waals surface area contributed by atoms with Gasteiger partial charge in [-0.1, -0.05) is 18.5 Å². The SMILES string of the molecule is CC1CC1CNC(CN)c1ccc(Cl)s1. The number of hydrogen-bond donors (Lipinski definition) is 2. The van der Waals surface area contributed by atoms with Gasteiger partial charge in [-0.05, 0) is 36.9 Å². The first kappa shape index (κ1) is 11.4. The first-order chi connectivity index (χ1) is 7.20. The van der Waals surface area contributed by atoms with E-state index in [1.54, 1.807) is 11.3 Å². The Morgan fingerprint density at radius 2 is 2.40 bits per heavy atom. The highest BCUT2D eigenvalue weighted by Gasteiger charge is 2.32. The zero-order chi connectivity index (χ0) is 10.8. The summed E-state index contributed by atoms with van der Waals surface area (Å²) in [6, 6.07) is 4.27. The second-order valence-corrected chi connectivity index (χ2v) is 6.06.